The van der Waals surface area contributed by atoms with Gasteiger partial charge in [-0.25, -0.2) is 0 Å². The van der Waals surface area contributed by atoms with Crippen molar-refractivity contribution in [3.63, 3.8) is 0 Å². The number of carbonyl (C=O) groups is 2. The molecule has 0 spiro atoms. The molecule has 1 aliphatic rings. The number of carboxylic acid groups (broad SMARTS) is 1. The quantitative estimate of drug-likeness (QED) is 0.599. The number of carboxylic acids is 1. The summed E-state index contributed by atoms with van der Waals surface area (Å²) in [6.45, 7) is 4.78. The molecule has 30 heavy (non-hydrogen) atoms. The zero-order valence-electron chi connectivity index (χ0n) is 17.3. The van der Waals surface area contributed by atoms with E-state index >= 15 is 0 Å². The molecule has 0 unspecified atom stereocenters. The van der Waals surface area contributed by atoms with E-state index in [1.54, 1.807) is 12.1 Å². The molecule has 1 saturated carbocycles. The first-order chi connectivity index (χ1) is 14.3. The van der Waals surface area contributed by atoms with Crippen molar-refractivity contribution in [2.24, 2.45) is 0 Å². The third kappa shape index (κ3) is 4.13. The first-order valence-corrected chi connectivity index (χ1v) is 10.4. The summed E-state index contributed by atoms with van der Waals surface area (Å²) in [6.07, 6.45) is 1.69. The van der Waals surface area contributed by atoms with Crippen molar-refractivity contribution in [1.82, 2.24) is 9.88 Å². The number of fused-ring (bicyclic) bond motifs is 1. The highest BCUT2D eigenvalue weighted by atomic mass is 16.4. The van der Waals surface area contributed by atoms with Crippen molar-refractivity contribution < 1.29 is 14.7 Å². The monoisotopic (exact) mass is 400 g/mol. The maximum atomic E-state index is 13.2. The normalized spacial score (nSPS) is 13.7. The molecular formula is C24H25BN2O3. The van der Waals surface area contributed by atoms with Crippen LogP contribution in [0.25, 0.3) is 10.9 Å². The minimum atomic E-state index is -0.974. The standard InChI is InChI=1S/C24H25BN2O3/c1-14(2)16-5-3-15(4-6-16)13-27-21-10-7-17(25)11-19(21)20(12-22(28)29)23(27)24(30)26-18-8-9-18/h3-7,10-11,14,18H,8-9,12-13H2,1-2H3,(H,26,30)(H,28,29). The van der Waals surface area contributed by atoms with Gasteiger partial charge < -0.3 is 15.0 Å². The second-order valence-electron chi connectivity index (χ2n) is 8.40. The highest BCUT2D eigenvalue weighted by molar-refractivity contribution is 6.33. The number of hydrogen-bond acceptors (Lipinski definition) is 2. The zero-order valence-corrected chi connectivity index (χ0v) is 17.3. The lowest BCUT2D eigenvalue weighted by atomic mass is 9.93. The van der Waals surface area contributed by atoms with Gasteiger partial charge in [-0.05, 0) is 36.0 Å². The average Bonchev–Trinajstić information content (AvgIpc) is 3.46. The number of aliphatic carboxylic acids is 1. The van der Waals surface area contributed by atoms with E-state index in [0.717, 1.165) is 29.3 Å². The van der Waals surface area contributed by atoms with Gasteiger partial charge in [0.1, 0.15) is 13.5 Å². The molecule has 0 atom stereocenters. The molecule has 2 radical (unpaired) electrons. The Labute approximate surface area is 177 Å². The topological polar surface area (TPSA) is 71.3 Å². The van der Waals surface area contributed by atoms with E-state index in [2.05, 4.69) is 43.4 Å². The van der Waals surface area contributed by atoms with Crippen molar-refractivity contribution >= 4 is 36.1 Å². The van der Waals surface area contributed by atoms with Crippen LogP contribution in [-0.2, 0) is 17.8 Å². The first kappa shape index (κ1) is 20.3. The van der Waals surface area contributed by atoms with E-state index in [1.807, 2.05) is 10.6 Å². The fourth-order valence-electron chi connectivity index (χ4n) is 3.87. The molecule has 1 heterocycles. The molecule has 1 amide bonds. The van der Waals surface area contributed by atoms with Crippen molar-refractivity contribution in [3.05, 3.63) is 64.8 Å². The molecule has 1 fully saturated rings. The summed E-state index contributed by atoms with van der Waals surface area (Å²) < 4.78 is 1.93. The molecule has 4 rings (SSSR count). The molecule has 1 aromatic heterocycles. The van der Waals surface area contributed by atoms with Crippen LogP contribution in [0.4, 0.5) is 0 Å². The highest BCUT2D eigenvalue weighted by Crippen LogP contribution is 2.29. The number of benzene rings is 2. The van der Waals surface area contributed by atoms with Crippen molar-refractivity contribution in [3.8, 4) is 0 Å². The largest absolute Gasteiger partial charge is 0.481 e. The number of carbonyl (C=O) groups excluding carboxylic acids is 1. The lowest BCUT2D eigenvalue weighted by molar-refractivity contribution is -0.136. The summed E-state index contributed by atoms with van der Waals surface area (Å²) >= 11 is 0. The Morgan fingerprint density at radius 3 is 2.47 bits per heavy atom. The zero-order chi connectivity index (χ0) is 21.4. The summed E-state index contributed by atoms with van der Waals surface area (Å²) in [5, 5.41) is 13.3. The summed E-state index contributed by atoms with van der Waals surface area (Å²) in [7, 11) is 5.99. The van der Waals surface area contributed by atoms with Gasteiger partial charge in [0.15, 0.2) is 0 Å². The molecule has 3 aromatic rings. The lowest BCUT2D eigenvalue weighted by Crippen LogP contribution is -2.29. The Morgan fingerprint density at radius 2 is 1.87 bits per heavy atom. The first-order valence-electron chi connectivity index (χ1n) is 10.4. The Bertz CT molecular complexity index is 1110. The number of amides is 1. The fraction of sp³-hybridized carbons (Fsp3) is 0.333. The lowest BCUT2D eigenvalue weighted by Gasteiger charge is -2.13. The number of nitrogens with one attached hydrogen (secondary N) is 1. The molecule has 2 aromatic carbocycles. The molecule has 1 aliphatic carbocycles. The van der Waals surface area contributed by atoms with Crippen LogP contribution < -0.4 is 10.8 Å². The van der Waals surface area contributed by atoms with E-state index in [4.69, 9.17) is 7.85 Å². The van der Waals surface area contributed by atoms with Crippen LogP contribution in [0.3, 0.4) is 0 Å². The van der Waals surface area contributed by atoms with Crippen LogP contribution in [-0.4, -0.2) is 35.4 Å². The summed E-state index contributed by atoms with van der Waals surface area (Å²) in [4.78, 5) is 24.8. The van der Waals surface area contributed by atoms with Crippen LogP contribution in [0.5, 0.6) is 0 Å². The minimum absolute atomic E-state index is 0.178. The number of rotatable bonds is 7. The predicted octanol–water partition coefficient (Wildman–Crippen LogP) is 3.13. The molecule has 0 bridgehead atoms. The van der Waals surface area contributed by atoms with Crippen LogP contribution in [0, 0.1) is 0 Å². The van der Waals surface area contributed by atoms with Crippen LogP contribution in [0.1, 0.15) is 59.8 Å². The molecule has 6 heteroatoms. The minimum Gasteiger partial charge on any atom is -0.481 e. The second kappa shape index (κ2) is 8.02. The van der Waals surface area contributed by atoms with Gasteiger partial charge in [-0.3, -0.25) is 9.59 Å². The smallest absolute Gasteiger partial charge is 0.307 e. The fourth-order valence-corrected chi connectivity index (χ4v) is 3.87. The van der Waals surface area contributed by atoms with E-state index in [1.165, 1.54) is 5.56 Å². The van der Waals surface area contributed by atoms with Gasteiger partial charge >= 0.3 is 5.97 Å². The predicted molar refractivity (Wildman–Crippen MR) is 119 cm³/mol. The van der Waals surface area contributed by atoms with Gasteiger partial charge in [-0.1, -0.05) is 55.7 Å². The second-order valence-corrected chi connectivity index (χ2v) is 8.40. The molecule has 152 valence electrons. The van der Waals surface area contributed by atoms with Gasteiger partial charge in [0, 0.05) is 29.1 Å². The van der Waals surface area contributed by atoms with Crippen LogP contribution in [0.15, 0.2) is 42.5 Å². The van der Waals surface area contributed by atoms with Crippen LogP contribution in [0.2, 0.25) is 0 Å². The third-order valence-electron chi connectivity index (χ3n) is 5.64. The van der Waals surface area contributed by atoms with Gasteiger partial charge in [0.2, 0.25) is 0 Å². The van der Waals surface area contributed by atoms with Gasteiger partial charge in [-0.2, -0.15) is 0 Å². The third-order valence-corrected chi connectivity index (χ3v) is 5.64. The molecule has 5 nitrogen and oxygen atoms in total. The Morgan fingerprint density at radius 1 is 1.17 bits per heavy atom. The number of aromatic nitrogens is 1. The summed E-state index contributed by atoms with van der Waals surface area (Å²) in [5.41, 5.74) is 4.59. The van der Waals surface area contributed by atoms with E-state index < -0.39 is 5.97 Å². The van der Waals surface area contributed by atoms with E-state index in [-0.39, 0.29) is 18.4 Å². The Hall–Kier alpha value is -3.02. The van der Waals surface area contributed by atoms with Crippen molar-refractivity contribution in [2.45, 2.75) is 51.6 Å². The van der Waals surface area contributed by atoms with Crippen molar-refractivity contribution in [2.75, 3.05) is 0 Å². The average molecular weight is 400 g/mol. The van der Waals surface area contributed by atoms with Gasteiger partial charge in [0.25, 0.3) is 5.91 Å². The molecule has 2 N–H and O–H groups in total. The SMILES string of the molecule is [B]c1ccc2c(c1)c(CC(=O)O)c(C(=O)NC1CC1)n2Cc1ccc(C(C)C)cc1. The summed E-state index contributed by atoms with van der Waals surface area (Å²) in [6, 6.07) is 13.9. The van der Waals surface area contributed by atoms with E-state index in [9.17, 15) is 14.7 Å². The Balaban J connectivity index is 1.84. The van der Waals surface area contributed by atoms with Gasteiger partial charge in [0.05, 0.1) is 6.42 Å². The highest BCUT2D eigenvalue weighted by Gasteiger charge is 2.29. The number of nitrogens with zero attached hydrogens (tertiary/aromatic N) is 1. The van der Waals surface area contributed by atoms with Crippen molar-refractivity contribution in [1.29, 1.82) is 0 Å². The van der Waals surface area contributed by atoms with Crippen LogP contribution >= 0.6 is 0 Å². The molecule has 0 saturated heterocycles. The molecular weight excluding hydrogens is 375 g/mol. The maximum Gasteiger partial charge on any atom is 0.307 e. The number of hydrogen-bond donors (Lipinski definition) is 2. The molecule has 0 aliphatic heterocycles. The van der Waals surface area contributed by atoms with Gasteiger partial charge in [-0.15, -0.1) is 0 Å². The Kier molecular flexibility index (Phi) is 5.41. The van der Waals surface area contributed by atoms with E-state index in [0.29, 0.717) is 29.2 Å². The maximum absolute atomic E-state index is 13.2. The summed E-state index contributed by atoms with van der Waals surface area (Å²) in [5.74, 6) is -0.753.